The summed E-state index contributed by atoms with van der Waals surface area (Å²) in [5, 5.41) is 2.57. The van der Waals surface area contributed by atoms with Gasteiger partial charge in [0.2, 0.25) is 5.91 Å². The zero-order valence-corrected chi connectivity index (χ0v) is 17.3. The number of hydrogen-bond acceptors (Lipinski definition) is 6. The van der Waals surface area contributed by atoms with Crippen molar-refractivity contribution in [2.75, 3.05) is 19.8 Å². The summed E-state index contributed by atoms with van der Waals surface area (Å²) in [6.45, 7) is 1.21. The van der Waals surface area contributed by atoms with Gasteiger partial charge in [0.25, 0.3) is 0 Å². The van der Waals surface area contributed by atoms with Gasteiger partial charge in [-0.2, -0.15) is 0 Å². The second kappa shape index (κ2) is 13.0. The zero-order valence-electron chi connectivity index (χ0n) is 17.3. The van der Waals surface area contributed by atoms with E-state index in [4.69, 9.17) is 22.1 Å². The highest BCUT2D eigenvalue weighted by atomic mass is 16.6. The molecule has 0 aliphatic rings. The summed E-state index contributed by atoms with van der Waals surface area (Å²) in [5.74, 6) is 0.519. The Labute approximate surface area is 182 Å². The summed E-state index contributed by atoms with van der Waals surface area (Å²) in [5.41, 5.74) is 1.30. The molecule has 0 heterocycles. The number of amides is 1. The van der Waals surface area contributed by atoms with E-state index in [1.54, 1.807) is 30.3 Å². The van der Waals surface area contributed by atoms with E-state index in [0.29, 0.717) is 11.3 Å². The van der Waals surface area contributed by atoms with Gasteiger partial charge in [-0.25, -0.2) is 4.79 Å². The maximum Gasteiger partial charge on any atom is 0.339 e. The molecule has 2 aromatic rings. The quantitative estimate of drug-likeness (QED) is 0.321. The van der Waals surface area contributed by atoms with Gasteiger partial charge in [-0.1, -0.05) is 48.5 Å². The molecule has 0 saturated heterocycles. The van der Waals surface area contributed by atoms with Crippen LogP contribution in [0, 0.1) is 0 Å². The molecule has 7 nitrogen and oxygen atoms in total. The Morgan fingerprint density at radius 2 is 1.87 bits per heavy atom. The molecule has 0 aromatic heterocycles. The maximum absolute atomic E-state index is 12.5. The first-order valence-corrected chi connectivity index (χ1v) is 9.69. The highest BCUT2D eigenvalue weighted by Gasteiger charge is 2.23. The SMILES string of the molecule is [B]/C=C/CNC(=O)COC(COc1cccc(C(C)=O)c1)C(=O)OCc1ccccc1. The number of benzene rings is 2. The number of ether oxygens (including phenoxy) is 3. The first kappa shape index (κ1) is 23.9. The predicted molar refractivity (Wildman–Crippen MR) is 116 cm³/mol. The molecule has 0 aliphatic carbocycles. The van der Waals surface area contributed by atoms with Gasteiger partial charge >= 0.3 is 5.97 Å². The molecule has 8 heteroatoms. The number of carbonyl (C=O) groups is 3. The Hall–Kier alpha value is -3.39. The average molecular weight is 421 g/mol. The average Bonchev–Trinajstić information content (AvgIpc) is 2.78. The molecule has 0 bridgehead atoms. The summed E-state index contributed by atoms with van der Waals surface area (Å²) < 4.78 is 16.4. The second-order valence-corrected chi connectivity index (χ2v) is 6.52. The predicted octanol–water partition coefficient (Wildman–Crippen LogP) is 2.19. The molecule has 1 amide bonds. The van der Waals surface area contributed by atoms with Crippen molar-refractivity contribution in [1.29, 1.82) is 0 Å². The van der Waals surface area contributed by atoms with Crippen LogP contribution in [0.3, 0.4) is 0 Å². The topological polar surface area (TPSA) is 90.9 Å². The Kier molecular flexibility index (Phi) is 10.0. The van der Waals surface area contributed by atoms with Gasteiger partial charge in [0.1, 0.15) is 33.4 Å². The van der Waals surface area contributed by atoms with Crippen LogP contribution in [0.1, 0.15) is 22.8 Å². The molecule has 31 heavy (non-hydrogen) atoms. The van der Waals surface area contributed by atoms with E-state index in [9.17, 15) is 14.4 Å². The fourth-order valence-electron chi connectivity index (χ4n) is 2.45. The summed E-state index contributed by atoms with van der Waals surface area (Å²) in [4.78, 5) is 36.0. The van der Waals surface area contributed by atoms with Crippen molar-refractivity contribution in [1.82, 2.24) is 5.32 Å². The molecule has 160 valence electrons. The Morgan fingerprint density at radius 1 is 1.10 bits per heavy atom. The molecule has 2 radical (unpaired) electrons. The summed E-state index contributed by atoms with van der Waals surface area (Å²) in [6.07, 6.45) is 0.426. The molecule has 1 atom stereocenters. The van der Waals surface area contributed by atoms with Crippen molar-refractivity contribution >= 4 is 25.5 Å². The number of rotatable bonds is 12. The number of hydrogen-bond donors (Lipinski definition) is 1. The second-order valence-electron chi connectivity index (χ2n) is 6.52. The Bertz CT molecular complexity index is 900. The molecule has 1 N–H and O–H groups in total. The van der Waals surface area contributed by atoms with Crippen LogP contribution in [0.4, 0.5) is 0 Å². The van der Waals surface area contributed by atoms with Crippen molar-refractivity contribution in [3.63, 3.8) is 0 Å². The minimum Gasteiger partial charge on any atom is -0.490 e. The third-order valence-corrected chi connectivity index (χ3v) is 4.10. The lowest BCUT2D eigenvalue weighted by Gasteiger charge is -2.18. The van der Waals surface area contributed by atoms with Crippen molar-refractivity contribution < 1.29 is 28.6 Å². The summed E-state index contributed by atoms with van der Waals surface area (Å²) >= 11 is 0. The van der Waals surface area contributed by atoms with E-state index in [1.165, 1.54) is 12.9 Å². The fraction of sp³-hybridized carbons (Fsp3) is 0.261. The minimum absolute atomic E-state index is 0.0623. The molecule has 2 rings (SSSR count). The molecular weight excluding hydrogens is 397 g/mol. The van der Waals surface area contributed by atoms with Gasteiger partial charge in [0.05, 0.1) is 0 Å². The van der Waals surface area contributed by atoms with E-state index in [2.05, 4.69) is 5.32 Å². The van der Waals surface area contributed by atoms with Gasteiger partial charge in [0, 0.05) is 12.1 Å². The number of carbonyl (C=O) groups excluding carboxylic acids is 3. The molecular formula is C23H24BNO6. The lowest BCUT2D eigenvalue weighted by Crippen LogP contribution is -2.37. The van der Waals surface area contributed by atoms with Crippen LogP contribution >= 0.6 is 0 Å². The molecule has 2 aromatic carbocycles. The summed E-state index contributed by atoms with van der Waals surface area (Å²) in [6, 6.07) is 15.7. The van der Waals surface area contributed by atoms with E-state index >= 15 is 0 Å². The Morgan fingerprint density at radius 3 is 2.58 bits per heavy atom. The highest BCUT2D eigenvalue weighted by molar-refractivity contribution is 6.17. The van der Waals surface area contributed by atoms with Crippen LogP contribution < -0.4 is 10.1 Å². The van der Waals surface area contributed by atoms with Crippen LogP contribution in [0.5, 0.6) is 5.75 Å². The van der Waals surface area contributed by atoms with Gasteiger partial charge in [-0.3, -0.25) is 9.59 Å². The smallest absolute Gasteiger partial charge is 0.339 e. The van der Waals surface area contributed by atoms with Crippen LogP contribution in [0.15, 0.2) is 66.6 Å². The van der Waals surface area contributed by atoms with Gasteiger partial charge in [-0.05, 0) is 24.6 Å². The van der Waals surface area contributed by atoms with Crippen molar-refractivity contribution in [2.45, 2.75) is 19.6 Å². The van der Waals surface area contributed by atoms with Gasteiger partial charge in [-0.15, -0.1) is 5.98 Å². The number of Topliss-reactive ketones (excluding diaryl/α,β-unsaturated/α-hetero) is 1. The first-order valence-electron chi connectivity index (χ1n) is 9.69. The first-order chi connectivity index (χ1) is 15.0. The van der Waals surface area contributed by atoms with Crippen LogP contribution in [0.2, 0.25) is 0 Å². The van der Waals surface area contributed by atoms with Crippen LogP contribution in [-0.4, -0.2) is 51.4 Å². The lowest BCUT2D eigenvalue weighted by atomic mass is 10.1. The maximum atomic E-state index is 12.5. The minimum atomic E-state index is -1.14. The van der Waals surface area contributed by atoms with Crippen LogP contribution in [0.25, 0.3) is 0 Å². The van der Waals surface area contributed by atoms with Crippen molar-refractivity contribution in [2.24, 2.45) is 0 Å². The third-order valence-electron chi connectivity index (χ3n) is 4.10. The number of ketones is 1. The lowest BCUT2D eigenvalue weighted by molar-refractivity contribution is -0.161. The third kappa shape index (κ3) is 8.88. The highest BCUT2D eigenvalue weighted by Crippen LogP contribution is 2.15. The molecule has 0 spiro atoms. The Balaban J connectivity index is 1.98. The van der Waals surface area contributed by atoms with Gasteiger partial charge in [0.15, 0.2) is 11.9 Å². The van der Waals surface area contributed by atoms with Crippen LogP contribution in [-0.2, 0) is 25.7 Å². The largest absolute Gasteiger partial charge is 0.490 e. The number of esters is 1. The van der Waals surface area contributed by atoms with Gasteiger partial charge < -0.3 is 19.5 Å². The monoisotopic (exact) mass is 421 g/mol. The molecule has 0 fully saturated rings. The zero-order chi connectivity index (χ0) is 22.5. The molecule has 0 aliphatic heterocycles. The number of nitrogens with one attached hydrogen (secondary N) is 1. The van der Waals surface area contributed by atoms with E-state index in [1.807, 2.05) is 30.3 Å². The van der Waals surface area contributed by atoms with E-state index < -0.39 is 18.0 Å². The van der Waals surface area contributed by atoms with Crippen molar-refractivity contribution in [3.8, 4) is 5.75 Å². The van der Waals surface area contributed by atoms with Crippen molar-refractivity contribution in [3.05, 3.63) is 77.8 Å². The fourth-order valence-corrected chi connectivity index (χ4v) is 2.45. The van der Waals surface area contributed by atoms with E-state index in [-0.39, 0.29) is 32.1 Å². The summed E-state index contributed by atoms with van der Waals surface area (Å²) in [7, 11) is 5.22. The standard InChI is InChI=1S/C23H24BNO6/c1-17(26)19-9-5-10-20(13-19)29-15-21(30-16-22(27)25-12-6-11-24)23(28)31-14-18-7-3-2-4-8-18/h2-11,13,21H,12,14-16H2,1H3,(H,25,27)/b11-6+. The van der Waals surface area contributed by atoms with E-state index in [0.717, 1.165) is 5.56 Å². The normalized spacial score (nSPS) is 11.6. The molecule has 0 saturated carbocycles. The molecule has 1 unspecified atom stereocenters.